The lowest BCUT2D eigenvalue weighted by Crippen LogP contribution is -2.47. The molecule has 1 aromatic carbocycles. The molecule has 150 valence electrons. The van der Waals surface area contributed by atoms with Gasteiger partial charge < -0.3 is 19.6 Å². The predicted octanol–water partition coefficient (Wildman–Crippen LogP) is 3.60. The minimum atomic E-state index is -0.832. The third-order valence-corrected chi connectivity index (χ3v) is 6.52. The molecule has 0 spiro atoms. The summed E-state index contributed by atoms with van der Waals surface area (Å²) in [6.07, 6.45) is 4.36. The molecule has 1 aromatic rings. The van der Waals surface area contributed by atoms with Crippen molar-refractivity contribution in [1.29, 1.82) is 0 Å². The van der Waals surface area contributed by atoms with Crippen LogP contribution in [0.25, 0.3) is 0 Å². The lowest BCUT2D eigenvalue weighted by Gasteiger charge is -2.38. The Hall–Kier alpha value is -1.01. The molecule has 5 nitrogen and oxygen atoms in total. The van der Waals surface area contributed by atoms with Gasteiger partial charge in [-0.1, -0.05) is 23.2 Å². The quantitative estimate of drug-likeness (QED) is 0.817. The number of carbonyl (C=O) groups is 1. The first kappa shape index (κ1) is 20.7. The molecule has 2 heterocycles. The molecular formula is C20H28Cl2N2O3. The number of halogens is 2. The number of piperidine rings is 1. The first-order valence-electron chi connectivity index (χ1n) is 9.66. The van der Waals surface area contributed by atoms with E-state index in [-0.39, 0.29) is 12.5 Å². The fourth-order valence-corrected chi connectivity index (χ4v) is 4.33. The van der Waals surface area contributed by atoms with E-state index in [1.54, 1.807) is 25.1 Å². The molecule has 1 N–H and O–H groups in total. The molecule has 0 aromatic heterocycles. The summed E-state index contributed by atoms with van der Waals surface area (Å²) in [5.41, 5.74) is -0.832. The van der Waals surface area contributed by atoms with Crippen molar-refractivity contribution in [3.8, 4) is 5.75 Å². The molecular weight excluding hydrogens is 387 g/mol. The molecule has 1 amide bonds. The molecule has 2 saturated heterocycles. The van der Waals surface area contributed by atoms with Crippen molar-refractivity contribution in [3.05, 3.63) is 28.2 Å². The number of aliphatic hydroxyl groups is 1. The van der Waals surface area contributed by atoms with E-state index >= 15 is 0 Å². The smallest absolute Gasteiger partial charge is 0.219 e. The van der Waals surface area contributed by atoms with Crippen molar-refractivity contribution in [2.24, 2.45) is 0 Å². The van der Waals surface area contributed by atoms with E-state index in [1.165, 1.54) is 0 Å². The fraction of sp³-hybridized carbons (Fsp3) is 0.650. The van der Waals surface area contributed by atoms with Crippen LogP contribution >= 0.6 is 23.2 Å². The van der Waals surface area contributed by atoms with Crippen molar-refractivity contribution in [1.82, 2.24) is 9.80 Å². The van der Waals surface area contributed by atoms with Gasteiger partial charge in [-0.15, -0.1) is 0 Å². The SMILES string of the molecule is CC(=O)N1CCC(N2CCC[C@](O)(COc3ccc(Cl)c(Cl)c3)CC2)CC1. The average molecular weight is 415 g/mol. The van der Waals surface area contributed by atoms with E-state index in [9.17, 15) is 9.90 Å². The summed E-state index contributed by atoms with van der Waals surface area (Å²) >= 11 is 12.0. The zero-order valence-electron chi connectivity index (χ0n) is 15.8. The van der Waals surface area contributed by atoms with E-state index in [1.807, 2.05) is 4.90 Å². The van der Waals surface area contributed by atoms with Crippen molar-refractivity contribution in [3.63, 3.8) is 0 Å². The topological polar surface area (TPSA) is 53.0 Å². The predicted molar refractivity (Wildman–Crippen MR) is 108 cm³/mol. The van der Waals surface area contributed by atoms with Crippen LogP contribution in [0.3, 0.4) is 0 Å². The van der Waals surface area contributed by atoms with E-state index in [4.69, 9.17) is 27.9 Å². The molecule has 7 heteroatoms. The van der Waals surface area contributed by atoms with Gasteiger partial charge in [0.2, 0.25) is 5.91 Å². The Bertz CT molecular complexity index is 665. The van der Waals surface area contributed by atoms with Crippen LogP contribution in [0.5, 0.6) is 5.75 Å². The van der Waals surface area contributed by atoms with Gasteiger partial charge >= 0.3 is 0 Å². The number of benzene rings is 1. The monoisotopic (exact) mass is 414 g/mol. The zero-order chi connectivity index (χ0) is 19.4. The van der Waals surface area contributed by atoms with Crippen LogP contribution in [-0.2, 0) is 4.79 Å². The molecule has 27 heavy (non-hydrogen) atoms. The summed E-state index contributed by atoms with van der Waals surface area (Å²) < 4.78 is 5.81. The third kappa shape index (κ3) is 5.50. The van der Waals surface area contributed by atoms with Gasteiger partial charge in [-0.25, -0.2) is 0 Å². The highest BCUT2D eigenvalue weighted by Crippen LogP contribution is 2.29. The Morgan fingerprint density at radius 1 is 1.19 bits per heavy atom. The normalized spacial score (nSPS) is 25.3. The second kappa shape index (κ2) is 8.99. The molecule has 0 bridgehead atoms. The summed E-state index contributed by atoms with van der Waals surface area (Å²) in [5.74, 6) is 0.786. The van der Waals surface area contributed by atoms with E-state index < -0.39 is 5.60 Å². The van der Waals surface area contributed by atoms with Gasteiger partial charge in [0.1, 0.15) is 12.4 Å². The molecule has 0 saturated carbocycles. The Morgan fingerprint density at radius 3 is 2.59 bits per heavy atom. The Balaban J connectivity index is 1.51. The standard InChI is InChI=1S/C20H28Cl2N2O3/c1-15(25)23-10-5-16(6-11-23)24-9-2-7-20(26,8-12-24)14-27-17-3-4-18(21)19(22)13-17/h3-4,13,16,26H,2,5-12,14H2,1H3/t20-/m1/s1. The highest BCUT2D eigenvalue weighted by atomic mass is 35.5. The van der Waals surface area contributed by atoms with Crippen LogP contribution in [0.4, 0.5) is 0 Å². The third-order valence-electron chi connectivity index (χ3n) is 5.78. The maximum absolute atomic E-state index is 11.5. The minimum absolute atomic E-state index is 0.165. The van der Waals surface area contributed by atoms with Crippen LogP contribution < -0.4 is 4.74 Å². The first-order chi connectivity index (χ1) is 12.9. The fourth-order valence-electron chi connectivity index (χ4n) is 4.04. The summed E-state index contributed by atoms with van der Waals surface area (Å²) in [6.45, 7) is 5.40. The van der Waals surface area contributed by atoms with Gasteiger partial charge in [0.25, 0.3) is 0 Å². The Labute approximate surface area is 171 Å². The highest BCUT2D eigenvalue weighted by molar-refractivity contribution is 6.42. The summed E-state index contributed by atoms with van der Waals surface area (Å²) in [7, 11) is 0. The van der Waals surface area contributed by atoms with Gasteiger partial charge in [-0.3, -0.25) is 4.79 Å². The number of hydrogen-bond donors (Lipinski definition) is 1. The lowest BCUT2D eigenvalue weighted by molar-refractivity contribution is -0.130. The number of carbonyl (C=O) groups excluding carboxylic acids is 1. The first-order valence-corrected chi connectivity index (χ1v) is 10.4. The van der Waals surface area contributed by atoms with Crippen LogP contribution in [0.15, 0.2) is 18.2 Å². The molecule has 0 unspecified atom stereocenters. The Morgan fingerprint density at radius 2 is 1.93 bits per heavy atom. The van der Waals surface area contributed by atoms with Gasteiger partial charge in [-0.05, 0) is 50.8 Å². The van der Waals surface area contributed by atoms with Crippen molar-refractivity contribution in [2.45, 2.75) is 50.7 Å². The second-order valence-corrected chi connectivity index (χ2v) is 8.53. The van der Waals surface area contributed by atoms with Gasteiger partial charge in [0.05, 0.1) is 15.6 Å². The molecule has 0 radical (unpaired) electrons. The minimum Gasteiger partial charge on any atom is -0.491 e. The van der Waals surface area contributed by atoms with E-state index in [2.05, 4.69) is 4.90 Å². The van der Waals surface area contributed by atoms with Crippen LogP contribution in [0.2, 0.25) is 10.0 Å². The molecule has 2 fully saturated rings. The summed E-state index contributed by atoms with van der Waals surface area (Å²) in [4.78, 5) is 15.9. The Kier molecular flexibility index (Phi) is 6.90. The average Bonchev–Trinajstić information content (AvgIpc) is 2.85. The maximum atomic E-state index is 11.5. The van der Waals surface area contributed by atoms with Crippen LogP contribution in [-0.4, -0.2) is 65.2 Å². The number of hydrogen-bond acceptors (Lipinski definition) is 4. The highest BCUT2D eigenvalue weighted by Gasteiger charge is 2.34. The lowest BCUT2D eigenvalue weighted by atomic mass is 9.96. The number of likely N-dealkylation sites (tertiary alicyclic amines) is 2. The number of rotatable bonds is 4. The number of amides is 1. The van der Waals surface area contributed by atoms with Crippen molar-refractivity contribution < 1.29 is 14.6 Å². The van der Waals surface area contributed by atoms with E-state index in [0.717, 1.165) is 51.9 Å². The molecule has 2 aliphatic heterocycles. The number of nitrogens with zero attached hydrogens (tertiary/aromatic N) is 2. The van der Waals surface area contributed by atoms with Crippen LogP contribution in [0, 0.1) is 0 Å². The van der Waals surface area contributed by atoms with Gasteiger partial charge in [0.15, 0.2) is 0 Å². The zero-order valence-corrected chi connectivity index (χ0v) is 17.3. The van der Waals surface area contributed by atoms with Crippen molar-refractivity contribution >= 4 is 29.1 Å². The molecule has 2 aliphatic rings. The molecule has 0 aliphatic carbocycles. The van der Waals surface area contributed by atoms with E-state index in [0.29, 0.717) is 28.3 Å². The van der Waals surface area contributed by atoms with Crippen LogP contribution in [0.1, 0.15) is 39.0 Å². The largest absolute Gasteiger partial charge is 0.491 e. The number of ether oxygens (including phenoxy) is 1. The molecule has 3 rings (SSSR count). The second-order valence-electron chi connectivity index (χ2n) is 7.72. The maximum Gasteiger partial charge on any atom is 0.219 e. The van der Waals surface area contributed by atoms with Gasteiger partial charge in [0, 0.05) is 38.7 Å². The van der Waals surface area contributed by atoms with Crippen molar-refractivity contribution in [2.75, 3.05) is 32.8 Å². The van der Waals surface area contributed by atoms with Gasteiger partial charge in [-0.2, -0.15) is 0 Å². The summed E-state index contributed by atoms with van der Waals surface area (Å²) in [6, 6.07) is 5.65. The molecule has 1 atom stereocenters. The summed E-state index contributed by atoms with van der Waals surface area (Å²) in [5, 5.41) is 11.9.